The molecule has 0 saturated carbocycles. The Kier molecular flexibility index (Phi) is 3.74. The fourth-order valence-electron chi connectivity index (χ4n) is 0.538. The van der Waals surface area contributed by atoms with Crippen molar-refractivity contribution in [1.82, 2.24) is 0 Å². The predicted octanol–water partition coefficient (Wildman–Crippen LogP) is 0.597. The summed E-state index contributed by atoms with van der Waals surface area (Å²) < 4.78 is 46.6. The van der Waals surface area contributed by atoms with Gasteiger partial charge in [0.05, 0.1) is 0 Å². The molecule has 0 aliphatic heterocycles. The van der Waals surface area contributed by atoms with Gasteiger partial charge in [-0.3, -0.25) is 0 Å². The summed E-state index contributed by atoms with van der Waals surface area (Å²) in [7, 11) is 0. The van der Waals surface area contributed by atoms with E-state index in [1.807, 2.05) is 0 Å². The Labute approximate surface area is 61.0 Å². The van der Waals surface area contributed by atoms with Gasteiger partial charge in [-0.1, -0.05) is 0 Å². The van der Waals surface area contributed by atoms with E-state index in [1.54, 1.807) is 0 Å². The van der Waals surface area contributed by atoms with Crippen molar-refractivity contribution in [2.24, 2.45) is 5.73 Å². The molecule has 2 unspecified atom stereocenters. The molecule has 11 heavy (non-hydrogen) atoms. The highest BCUT2D eigenvalue weighted by Crippen LogP contribution is 2.25. The Morgan fingerprint density at radius 2 is 1.82 bits per heavy atom. The van der Waals surface area contributed by atoms with Crippen molar-refractivity contribution in [3.8, 4) is 0 Å². The molecular weight excluding hydrogens is 166 g/mol. The highest BCUT2D eigenvalue weighted by atomic mass is 19.4. The number of aliphatic hydroxyl groups is 1. The van der Waals surface area contributed by atoms with Crippen molar-refractivity contribution in [1.29, 1.82) is 0 Å². The maximum absolute atomic E-state index is 12.1. The van der Waals surface area contributed by atoms with Crippen LogP contribution in [0.5, 0.6) is 0 Å². The van der Waals surface area contributed by atoms with Crippen LogP contribution in [0.4, 0.5) is 17.6 Å². The monoisotopic (exact) mass is 175 g/mol. The minimum absolute atomic E-state index is 0.388. The Morgan fingerprint density at radius 1 is 1.36 bits per heavy atom. The molecule has 0 aromatic carbocycles. The number of alkyl halides is 4. The van der Waals surface area contributed by atoms with Gasteiger partial charge in [0.2, 0.25) is 6.17 Å². The zero-order valence-corrected chi connectivity index (χ0v) is 5.61. The number of hydrogen-bond donors (Lipinski definition) is 2. The SMILES string of the molecule is NC(CCO)C(F)C(F)(F)F. The summed E-state index contributed by atoms with van der Waals surface area (Å²) >= 11 is 0. The van der Waals surface area contributed by atoms with Gasteiger partial charge in [0.1, 0.15) is 0 Å². The molecule has 0 saturated heterocycles. The predicted molar refractivity (Wildman–Crippen MR) is 30.6 cm³/mol. The fraction of sp³-hybridized carbons (Fsp3) is 1.00. The van der Waals surface area contributed by atoms with Crippen LogP contribution in [-0.4, -0.2) is 30.1 Å². The van der Waals surface area contributed by atoms with E-state index in [4.69, 9.17) is 10.8 Å². The highest BCUT2D eigenvalue weighted by Gasteiger charge is 2.43. The van der Waals surface area contributed by atoms with Gasteiger partial charge in [0.15, 0.2) is 0 Å². The number of halogens is 4. The van der Waals surface area contributed by atoms with Crippen LogP contribution in [0.25, 0.3) is 0 Å². The standard InChI is InChI=1S/C5H9F4NO/c6-4(5(7,8)9)3(10)1-2-11/h3-4,11H,1-2,10H2. The molecule has 0 fully saturated rings. The van der Waals surface area contributed by atoms with Gasteiger partial charge in [-0.05, 0) is 6.42 Å². The number of aliphatic hydroxyl groups excluding tert-OH is 1. The molecule has 6 heteroatoms. The van der Waals surface area contributed by atoms with Crippen LogP contribution in [0.1, 0.15) is 6.42 Å². The maximum Gasteiger partial charge on any atom is 0.421 e. The molecule has 0 amide bonds. The summed E-state index contributed by atoms with van der Waals surface area (Å²) in [4.78, 5) is 0. The maximum atomic E-state index is 12.1. The molecule has 0 spiro atoms. The topological polar surface area (TPSA) is 46.2 Å². The van der Waals surface area contributed by atoms with E-state index in [0.717, 1.165) is 0 Å². The van der Waals surface area contributed by atoms with Gasteiger partial charge in [0, 0.05) is 12.6 Å². The Hall–Kier alpha value is -0.360. The minimum Gasteiger partial charge on any atom is -0.396 e. The van der Waals surface area contributed by atoms with Crippen LogP contribution in [0.2, 0.25) is 0 Å². The van der Waals surface area contributed by atoms with Gasteiger partial charge >= 0.3 is 6.18 Å². The molecule has 2 atom stereocenters. The van der Waals surface area contributed by atoms with Crippen LogP contribution < -0.4 is 5.73 Å². The van der Waals surface area contributed by atoms with E-state index >= 15 is 0 Å². The third-order valence-corrected chi connectivity index (χ3v) is 1.15. The molecule has 3 N–H and O–H groups in total. The average molecular weight is 175 g/mol. The first-order valence-corrected chi connectivity index (χ1v) is 2.96. The van der Waals surface area contributed by atoms with Crippen LogP contribution >= 0.6 is 0 Å². The van der Waals surface area contributed by atoms with Crippen LogP contribution in [0.15, 0.2) is 0 Å². The van der Waals surface area contributed by atoms with Crippen molar-refractivity contribution in [3.05, 3.63) is 0 Å². The lowest BCUT2D eigenvalue weighted by Gasteiger charge is -2.17. The molecule has 0 aliphatic rings. The van der Waals surface area contributed by atoms with E-state index in [9.17, 15) is 17.6 Å². The zero-order valence-electron chi connectivity index (χ0n) is 5.61. The lowest BCUT2D eigenvalue weighted by Crippen LogP contribution is -2.42. The van der Waals surface area contributed by atoms with Crippen LogP contribution in [-0.2, 0) is 0 Å². The van der Waals surface area contributed by atoms with Crippen molar-refractivity contribution in [2.75, 3.05) is 6.61 Å². The molecule has 0 aromatic heterocycles. The number of rotatable bonds is 3. The fourth-order valence-corrected chi connectivity index (χ4v) is 0.538. The normalized spacial score (nSPS) is 18.0. The summed E-state index contributed by atoms with van der Waals surface area (Å²) in [6, 6.07) is -1.67. The van der Waals surface area contributed by atoms with Crippen molar-refractivity contribution in [3.63, 3.8) is 0 Å². The van der Waals surface area contributed by atoms with Crippen molar-refractivity contribution < 1.29 is 22.7 Å². The van der Waals surface area contributed by atoms with Gasteiger partial charge in [-0.2, -0.15) is 13.2 Å². The number of nitrogens with two attached hydrogens (primary N) is 1. The number of hydrogen-bond acceptors (Lipinski definition) is 2. The largest absolute Gasteiger partial charge is 0.421 e. The van der Waals surface area contributed by atoms with Crippen LogP contribution in [0.3, 0.4) is 0 Å². The van der Waals surface area contributed by atoms with Gasteiger partial charge in [-0.15, -0.1) is 0 Å². The third kappa shape index (κ3) is 3.52. The lowest BCUT2D eigenvalue weighted by molar-refractivity contribution is -0.186. The summed E-state index contributed by atoms with van der Waals surface area (Å²) in [6.07, 6.45) is -8.36. The first kappa shape index (κ1) is 10.6. The first-order chi connectivity index (χ1) is 4.89. The molecule has 2 nitrogen and oxygen atoms in total. The second kappa shape index (κ2) is 3.87. The summed E-state index contributed by atoms with van der Waals surface area (Å²) in [5, 5.41) is 8.14. The van der Waals surface area contributed by atoms with Gasteiger partial charge in [0.25, 0.3) is 0 Å². The van der Waals surface area contributed by atoms with E-state index < -0.39 is 25.0 Å². The van der Waals surface area contributed by atoms with Gasteiger partial charge in [-0.25, -0.2) is 4.39 Å². The van der Waals surface area contributed by atoms with Gasteiger partial charge < -0.3 is 10.8 Å². The average Bonchev–Trinajstić information content (AvgIpc) is 1.85. The Balaban J connectivity index is 3.91. The zero-order chi connectivity index (χ0) is 9.07. The van der Waals surface area contributed by atoms with Crippen molar-refractivity contribution >= 4 is 0 Å². The molecule has 0 radical (unpaired) electrons. The second-order valence-corrected chi connectivity index (χ2v) is 2.12. The van der Waals surface area contributed by atoms with E-state index in [1.165, 1.54) is 0 Å². The third-order valence-electron chi connectivity index (χ3n) is 1.15. The molecule has 0 aromatic rings. The quantitative estimate of drug-likeness (QED) is 0.617. The molecular formula is C5H9F4NO. The minimum atomic E-state index is -4.92. The Bertz CT molecular complexity index is 116. The van der Waals surface area contributed by atoms with Crippen LogP contribution in [0, 0.1) is 0 Å². The lowest BCUT2D eigenvalue weighted by atomic mass is 10.1. The molecule has 68 valence electrons. The Morgan fingerprint density at radius 3 is 2.09 bits per heavy atom. The molecule has 0 bridgehead atoms. The summed E-state index contributed by atoms with van der Waals surface area (Å²) in [5.41, 5.74) is 4.76. The van der Waals surface area contributed by atoms with E-state index in [0.29, 0.717) is 0 Å². The van der Waals surface area contributed by atoms with E-state index in [2.05, 4.69) is 0 Å². The molecule has 0 aliphatic carbocycles. The molecule has 0 rings (SSSR count). The first-order valence-electron chi connectivity index (χ1n) is 2.96. The van der Waals surface area contributed by atoms with E-state index in [-0.39, 0.29) is 6.42 Å². The highest BCUT2D eigenvalue weighted by molar-refractivity contribution is 4.78. The molecule has 0 heterocycles. The smallest absolute Gasteiger partial charge is 0.396 e. The van der Waals surface area contributed by atoms with Crippen molar-refractivity contribution in [2.45, 2.75) is 24.8 Å². The summed E-state index contributed by atoms with van der Waals surface area (Å²) in [6.45, 7) is -0.544. The summed E-state index contributed by atoms with van der Waals surface area (Å²) in [5.74, 6) is 0. The second-order valence-electron chi connectivity index (χ2n) is 2.12.